The van der Waals surface area contributed by atoms with E-state index in [-0.39, 0.29) is 5.69 Å². The third-order valence-electron chi connectivity index (χ3n) is 2.53. The van der Waals surface area contributed by atoms with E-state index < -0.39 is 5.82 Å². The van der Waals surface area contributed by atoms with Crippen molar-refractivity contribution in [3.05, 3.63) is 45.9 Å². The molecule has 0 atom stereocenters. The lowest BCUT2D eigenvalue weighted by atomic mass is 10.2. The van der Waals surface area contributed by atoms with Crippen molar-refractivity contribution in [3.63, 3.8) is 0 Å². The van der Waals surface area contributed by atoms with Gasteiger partial charge in [0.05, 0.1) is 6.54 Å². The van der Waals surface area contributed by atoms with Gasteiger partial charge in [-0.3, -0.25) is 0 Å². The van der Waals surface area contributed by atoms with Gasteiger partial charge in [0.15, 0.2) is 4.47 Å². The highest BCUT2D eigenvalue weighted by Gasteiger charge is 2.07. The fourth-order valence-electron chi connectivity index (χ4n) is 1.62. The smallest absolute Gasteiger partial charge is 0.183 e. The average molecular weight is 311 g/mol. The summed E-state index contributed by atoms with van der Waals surface area (Å²) in [5.41, 5.74) is 1.03. The summed E-state index contributed by atoms with van der Waals surface area (Å²) >= 11 is 7.15. The molecule has 20 heavy (non-hydrogen) atoms. The Bertz CT molecular complexity index is 714. The van der Waals surface area contributed by atoms with Gasteiger partial charge >= 0.3 is 0 Å². The van der Waals surface area contributed by atoms with Gasteiger partial charge in [0.2, 0.25) is 0 Å². The van der Waals surface area contributed by atoms with Crippen molar-refractivity contribution in [3.8, 4) is 5.69 Å². The zero-order valence-corrected chi connectivity index (χ0v) is 11.6. The quantitative estimate of drug-likeness (QED) is 0.802. The Morgan fingerprint density at radius 2 is 2.30 bits per heavy atom. The van der Waals surface area contributed by atoms with Crippen molar-refractivity contribution in [2.75, 3.05) is 5.32 Å². The van der Waals surface area contributed by atoms with Crippen molar-refractivity contribution in [2.24, 2.45) is 0 Å². The molecule has 1 N–H and O–H groups in total. The monoisotopic (exact) mass is 310 g/mol. The fourth-order valence-corrected chi connectivity index (χ4v) is 2.54. The molecule has 0 saturated carbocycles. The summed E-state index contributed by atoms with van der Waals surface area (Å²) in [6.07, 6.45) is 3.04. The van der Waals surface area contributed by atoms with Crippen LogP contribution < -0.4 is 5.32 Å². The van der Waals surface area contributed by atoms with E-state index in [4.69, 9.17) is 11.6 Å². The molecule has 0 saturated heterocycles. The highest BCUT2D eigenvalue weighted by atomic mass is 35.5. The summed E-state index contributed by atoms with van der Waals surface area (Å²) in [7, 11) is 0. The molecule has 0 aliphatic rings. The summed E-state index contributed by atoms with van der Waals surface area (Å²) < 4.78 is 15.5. The molecule has 0 fully saturated rings. The number of nitrogens with zero attached hydrogens (tertiary/aromatic N) is 5. The normalized spacial score (nSPS) is 10.7. The molecule has 3 rings (SSSR count). The van der Waals surface area contributed by atoms with E-state index in [1.165, 1.54) is 28.4 Å². The summed E-state index contributed by atoms with van der Waals surface area (Å²) in [4.78, 5) is 4.94. The number of thiazole rings is 1. The predicted octanol–water partition coefficient (Wildman–Crippen LogP) is 2.52. The van der Waals surface area contributed by atoms with Gasteiger partial charge in [-0.1, -0.05) is 11.6 Å². The van der Waals surface area contributed by atoms with Crippen LogP contribution in [0.1, 0.15) is 4.88 Å². The zero-order chi connectivity index (χ0) is 13.9. The molecule has 0 unspecified atom stereocenters. The molecular weight excluding hydrogens is 303 g/mol. The first-order chi connectivity index (χ1) is 9.72. The van der Waals surface area contributed by atoms with Crippen molar-refractivity contribution in [1.82, 2.24) is 25.2 Å². The summed E-state index contributed by atoms with van der Waals surface area (Å²) in [6.45, 7) is 0.561. The number of nitrogens with one attached hydrogen (secondary N) is 1. The van der Waals surface area contributed by atoms with Gasteiger partial charge in [-0.25, -0.2) is 9.37 Å². The number of tetrazole rings is 1. The Hall–Kier alpha value is -2.06. The van der Waals surface area contributed by atoms with E-state index in [1.54, 1.807) is 18.3 Å². The molecule has 6 nitrogen and oxygen atoms in total. The van der Waals surface area contributed by atoms with E-state index in [9.17, 15) is 4.39 Å². The van der Waals surface area contributed by atoms with Crippen molar-refractivity contribution < 1.29 is 4.39 Å². The maximum atomic E-state index is 13.7. The fraction of sp³-hybridized carbons (Fsp3) is 0.0909. The lowest BCUT2D eigenvalue weighted by Crippen LogP contribution is -2.02. The topological polar surface area (TPSA) is 68.5 Å². The van der Waals surface area contributed by atoms with Crippen LogP contribution >= 0.6 is 22.9 Å². The molecule has 0 aliphatic heterocycles. The standard InChI is InChI=1S/C11H8ClFN6S/c12-11-15-5-8(20-11)4-14-7-1-2-9(13)10(3-7)19-6-16-17-18-19/h1-3,5-6,14H,4H2. The number of halogens is 2. The highest BCUT2D eigenvalue weighted by Crippen LogP contribution is 2.21. The van der Waals surface area contributed by atoms with Gasteiger partial charge in [-0.15, -0.1) is 16.4 Å². The van der Waals surface area contributed by atoms with Gasteiger partial charge in [-0.05, 0) is 28.6 Å². The first-order valence-corrected chi connectivity index (χ1v) is 6.79. The van der Waals surface area contributed by atoms with Crippen LogP contribution in [-0.4, -0.2) is 25.2 Å². The molecule has 2 heterocycles. The van der Waals surface area contributed by atoms with E-state index in [2.05, 4.69) is 25.8 Å². The second-order valence-electron chi connectivity index (χ2n) is 3.85. The maximum Gasteiger partial charge on any atom is 0.183 e. The number of aromatic nitrogens is 5. The Morgan fingerprint density at radius 1 is 1.40 bits per heavy atom. The first kappa shape index (κ1) is 12.9. The molecule has 2 aromatic heterocycles. The SMILES string of the molecule is Fc1ccc(NCc2cnc(Cl)s2)cc1-n1cnnn1. The second kappa shape index (κ2) is 5.51. The molecule has 1 aromatic carbocycles. The van der Waals surface area contributed by atoms with Crippen molar-refractivity contribution in [1.29, 1.82) is 0 Å². The molecule has 0 aliphatic carbocycles. The van der Waals surface area contributed by atoms with Crippen LogP contribution in [0.15, 0.2) is 30.7 Å². The van der Waals surface area contributed by atoms with Crippen LogP contribution in [0.5, 0.6) is 0 Å². The molecule has 102 valence electrons. The van der Waals surface area contributed by atoms with Crippen LogP contribution in [0.4, 0.5) is 10.1 Å². The lowest BCUT2D eigenvalue weighted by Gasteiger charge is -2.07. The molecule has 0 bridgehead atoms. The average Bonchev–Trinajstić information content (AvgIpc) is 3.09. The molecular formula is C11H8ClFN6S. The minimum absolute atomic E-state index is 0.280. The lowest BCUT2D eigenvalue weighted by molar-refractivity contribution is 0.607. The molecule has 0 spiro atoms. The Balaban J connectivity index is 1.79. The van der Waals surface area contributed by atoms with E-state index in [0.717, 1.165) is 10.6 Å². The Labute approximate surface area is 122 Å². The van der Waals surface area contributed by atoms with Crippen molar-refractivity contribution in [2.45, 2.75) is 6.54 Å². The third kappa shape index (κ3) is 2.75. The van der Waals surface area contributed by atoms with Gasteiger partial charge < -0.3 is 5.32 Å². The number of rotatable bonds is 4. The summed E-state index contributed by atoms with van der Waals surface area (Å²) in [5, 5.41) is 13.8. The molecule has 9 heteroatoms. The number of anilines is 1. The highest BCUT2D eigenvalue weighted by molar-refractivity contribution is 7.15. The Morgan fingerprint density at radius 3 is 3.00 bits per heavy atom. The number of benzene rings is 1. The van der Waals surface area contributed by atoms with Gasteiger partial charge in [0.25, 0.3) is 0 Å². The van der Waals surface area contributed by atoms with E-state index in [0.29, 0.717) is 11.0 Å². The van der Waals surface area contributed by atoms with Gasteiger partial charge in [0.1, 0.15) is 17.8 Å². The second-order valence-corrected chi connectivity index (χ2v) is 5.55. The van der Waals surface area contributed by atoms with Crippen molar-refractivity contribution >= 4 is 28.6 Å². The largest absolute Gasteiger partial charge is 0.380 e. The van der Waals surface area contributed by atoms with Gasteiger partial charge in [-0.2, -0.15) is 4.68 Å². The van der Waals surface area contributed by atoms with Crippen LogP contribution in [0.2, 0.25) is 4.47 Å². The molecule has 3 aromatic rings. The summed E-state index contributed by atoms with van der Waals surface area (Å²) in [5.74, 6) is -0.399. The van der Waals surface area contributed by atoms with Gasteiger partial charge in [0, 0.05) is 16.8 Å². The number of hydrogen-bond donors (Lipinski definition) is 1. The maximum absolute atomic E-state index is 13.7. The Kier molecular flexibility index (Phi) is 3.57. The minimum Gasteiger partial charge on any atom is -0.380 e. The predicted molar refractivity (Wildman–Crippen MR) is 73.6 cm³/mol. The third-order valence-corrected chi connectivity index (χ3v) is 3.65. The first-order valence-electron chi connectivity index (χ1n) is 5.59. The van der Waals surface area contributed by atoms with Crippen LogP contribution in [-0.2, 0) is 6.54 Å². The van der Waals surface area contributed by atoms with Crippen LogP contribution in [0, 0.1) is 5.82 Å². The summed E-state index contributed by atoms with van der Waals surface area (Å²) in [6, 6.07) is 4.64. The van der Waals surface area contributed by atoms with Crippen LogP contribution in [0.3, 0.4) is 0 Å². The zero-order valence-electron chi connectivity index (χ0n) is 9.99. The molecule has 0 amide bonds. The number of hydrogen-bond acceptors (Lipinski definition) is 6. The minimum atomic E-state index is -0.399. The van der Waals surface area contributed by atoms with E-state index in [1.807, 2.05) is 0 Å². The van der Waals surface area contributed by atoms with E-state index >= 15 is 0 Å². The van der Waals surface area contributed by atoms with Crippen LogP contribution in [0.25, 0.3) is 5.69 Å². The molecule has 0 radical (unpaired) electrons.